The van der Waals surface area contributed by atoms with Crippen LogP contribution in [-0.2, 0) is 0 Å². The van der Waals surface area contributed by atoms with Crippen LogP contribution in [0.3, 0.4) is 0 Å². The van der Waals surface area contributed by atoms with Gasteiger partial charge in [-0.25, -0.2) is 9.97 Å². The molecule has 0 radical (unpaired) electrons. The lowest BCUT2D eigenvalue weighted by Gasteiger charge is -2.03. The predicted molar refractivity (Wildman–Crippen MR) is 76.6 cm³/mol. The standard InChI is InChI=1S/C15H9N3OS/c16-8-11-3-5-13(6-4-11)19-15-17-9-12(10-18-15)14-2-1-7-20-14/h1-7,9-10H. The predicted octanol–water partition coefficient (Wildman–Crippen LogP) is 3.87. The summed E-state index contributed by atoms with van der Waals surface area (Å²) in [6.45, 7) is 0. The molecule has 2 heterocycles. The zero-order valence-corrected chi connectivity index (χ0v) is 11.2. The fourth-order valence-corrected chi connectivity index (χ4v) is 2.34. The highest BCUT2D eigenvalue weighted by molar-refractivity contribution is 7.13. The molecule has 20 heavy (non-hydrogen) atoms. The Morgan fingerprint density at radius 1 is 1.05 bits per heavy atom. The van der Waals surface area contributed by atoms with Crippen LogP contribution in [0.25, 0.3) is 10.4 Å². The quantitative estimate of drug-likeness (QED) is 0.730. The first kappa shape index (κ1) is 12.3. The fourth-order valence-electron chi connectivity index (χ4n) is 1.64. The summed E-state index contributed by atoms with van der Waals surface area (Å²) in [7, 11) is 0. The first-order chi connectivity index (χ1) is 9.85. The van der Waals surface area contributed by atoms with Crippen LogP contribution in [0.15, 0.2) is 54.2 Å². The Hall–Kier alpha value is -2.71. The Labute approximate surface area is 119 Å². The maximum atomic E-state index is 8.72. The van der Waals surface area contributed by atoms with E-state index in [0.717, 1.165) is 10.4 Å². The lowest BCUT2D eigenvalue weighted by Crippen LogP contribution is -1.91. The van der Waals surface area contributed by atoms with Gasteiger partial charge in [0.1, 0.15) is 5.75 Å². The third-order valence-corrected chi connectivity index (χ3v) is 3.55. The van der Waals surface area contributed by atoms with E-state index in [1.807, 2.05) is 17.5 Å². The second-order valence-corrected chi connectivity index (χ2v) is 4.92. The van der Waals surface area contributed by atoms with E-state index in [1.54, 1.807) is 48.0 Å². The van der Waals surface area contributed by atoms with Gasteiger partial charge in [-0.15, -0.1) is 11.3 Å². The first-order valence-corrected chi connectivity index (χ1v) is 6.77. The zero-order chi connectivity index (χ0) is 13.8. The van der Waals surface area contributed by atoms with Gasteiger partial charge in [0.15, 0.2) is 0 Å². The van der Waals surface area contributed by atoms with E-state index >= 15 is 0 Å². The molecule has 0 aliphatic carbocycles. The smallest absolute Gasteiger partial charge is 0.321 e. The lowest BCUT2D eigenvalue weighted by molar-refractivity contribution is 0.442. The molecule has 0 saturated heterocycles. The van der Waals surface area contributed by atoms with Crippen molar-refractivity contribution in [2.24, 2.45) is 0 Å². The summed E-state index contributed by atoms with van der Waals surface area (Å²) in [5.41, 5.74) is 1.55. The SMILES string of the molecule is N#Cc1ccc(Oc2ncc(-c3cccs3)cn2)cc1. The molecule has 96 valence electrons. The number of rotatable bonds is 3. The maximum Gasteiger partial charge on any atom is 0.321 e. The minimum absolute atomic E-state index is 0.287. The summed E-state index contributed by atoms with van der Waals surface area (Å²) in [6, 6.07) is 13.2. The molecule has 0 aliphatic rings. The molecule has 0 N–H and O–H groups in total. The summed E-state index contributed by atoms with van der Waals surface area (Å²) < 4.78 is 5.52. The van der Waals surface area contributed by atoms with E-state index in [4.69, 9.17) is 10.00 Å². The summed E-state index contributed by atoms with van der Waals surface area (Å²) >= 11 is 1.64. The molecular weight excluding hydrogens is 270 g/mol. The summed E-state index contributed by atoms with van der Waals surface area (Å²) in [6.07, 6.45) is 3.47. The van der Waals surface area contributed by atoms with Crippen LogP contribution >= 0.6 is 11.3 Å². The number of thiophene rings is 1. The third kappa shape index (κ3) is 2.66. The second-order valence-electron chi connectivity index (χ2n) is 3.97. The molecule has 0 atom stereocenters. The van der Waals surface area contributed by atoms with Crippen molar-refractivity contribution < 1.29 is 4.74 Å². The van der Waals surface area contributed by atoms with Crippen molar-refractivity contribution in [3.05, 3.63) is 59.7 Å². The van der Waals surface area contributed by atoms with Crippen molar-refractivity contribution in [1.82, 2.24) is 9.97 Å². The van der Waals surface area contributed by atoms with E-state index in [-0.39, 0.29) is 6.01 Å². The summed E-state index contributed by atoms with van der Waals surface area (Å²) in [5.74, 6) is 0.605. The van der Waals surface area contributed by atoms with Gasteiger partial charge >= 0.3 is 6.01 Å². The molecule has 1 aromatic carbocycles. The van der Waals surface area contributed by atoms with Gasteiger partial charge in [0.2, 0.25) is 0 Å². The van der Waals surface area contributed by atoms with Crippen LogP contribution in [0.1, 0.15) is 5.56 Å². The van der Waals surface area contributed by atoms with Gasteiger partial charge in [0, 0.05) is 22.8 Å². The molecule has 3 rings (SSSR count). The number of ether oxygens (including phenoxy) is 1. The number of nitrogens with zero attached hydrogens (tertiary/aromatic N) is 3. The van der Waals surface area contributed by atoms with Crippen molar-refractivity contribution in [3.63, 3.8) is 0 Å². The van der Waals surface area contributed by atoms with Gasteiger partial charge in [0.25, 0.3) is 0 Å². The maximum absolute atomic E-state index is 8.72. The van der Waals surface area contributed by atoms with Gasteiger partial charge in [0.05, 0.1) is 11.6 Å². The molecule has 0 fully saturated rings. The highest BCUT2D eigenvalue weighted by Crippen LogP contribution is 2.24. The van der Waals surface area contributed by atoms with Crippen LogP contribution in [0.2, 0.25) is 0 Å². The first-order valence-electron chi connectivity index (χ1n) is 5.89. The van der Waals surface area contributed by atoms with E-state index < -0.39 is 0 Å². The van der Waals surface area contributed by atoms with E-state index in [2.05, 4.69) is 16.0 Å². The van der Waals surface area contributed by atoms with Gasteiger partial charge < -0.3 is 4.74 Å². The van der Waals surface area contributed by atoms with Crippen molar-refractivity contribution in [2.45, 2.75) is 0 Å². The zero-order valence-electron chi connectivity index (χ0n) is 10.4. The number of benzene rings is 1. The van der Waals surface area contributed by atoms with E-state index in [9.17, 15) is 0 Å². The monoisotopic (exact) mass is 279 g/mol. The molecule has 2 aromatic heterocycles. The molecule has 0 spiro atoms. The Kier molecular flexibility index (Phi) is 3.40. The molecule has 5 heteroatoms. The molecule has 0 amide bonds. The van der Waals surface area contributed by atoms with Crippen molar-refractivity contribution in [3.8, 4) is 28.3 Å². The van der Waals surface area contributed by atoms with Gasteiger partial charge in [-0.2, -0.15) is 5.26 Å². The molecular formula is C15H9N3OS. The van der Waals surface area contributed by atoms with Crippen LogP contribution in [0.4, 0.5) is 0 Å². The Morgan fingerprint density at radius 3 is 2.40 bits per heavy atom. The van der Waals surface area contributed by atoms with Crippen LogP contribution in [0, 0.1) is 11.3 Å². The highest BCUT2D eigenvalue weighted by Gasteiger charge is 2.03. The topological polar surface area (TPSA) is 58.8 Å². The number of nitriles is 1. The van der Waals surface area contributed by atoms with E-state index in [1.165, 1.54) is 0 Å². The van der Waals surface area contributed by atoms with E-state index in [0.29, 0.717) is 11.3 Å². The Morgan fingerprint density at radius 2 is 1.80 bits per heavy atom. The summed E-state index contributed by atoms with van der Waals surface area (Å²) in [5, 5.41) is 10.7. The minimum Gasteiger partial charge on any atom is -0.424 e. The van der Waals surface area contributed by atoms with Crippen LogP contribution < -0.4 is 4.74 Å². The van der Waals surface area contributed by atoms with Crippen LogP contribution in [-0.4, -0.2) is 9.97 Å². The summed E-state index contributed by atoms with van der Waals surface area (Å²) in [4.78, 5) is 9.48. The largest absolute Gasteiger partial charge is 0.424 e. The lowest BCUT2D eigenvalue weighted by atomic mass is 10.2. The fraction of sp³-hybridized carbons (Fsp3) is 0. The molecule has 3 aromatic rings. The molecule has 4 nitrogen and oxygen atoms in total. The average Bonchev–Trinajstić information content (AvgIpc) is 3.03. The van der Waals surface area contributed by atoms with Gasteiger partial charge in [-0.05, 0) is 35.7 Å². The van der Waals surface area contributed by atoms with Crippen molar-refractivity contribution >= 4 is 11.3 Å². The van der Waals surface area contributed by atoms with Crippen LogP contribution in [0.5, 0.6) is 11.8 Å². The van der Waals surface area contributed by atoms with Crippen molar-refractivity contribution in [1.29, 1.82) is 5.26 Å². The van der Waals surface area contributed by atoms with Gasteiger partial charge in [-0.3, -0.25) is 0 Å². The number of hydrogen-bond acceptors (Lipinski definition) is 5. The van der Waals surface area contributed by atoms with Crippen molar-refractivity contribution in [2.75, 3.05) is 0 Å². The molecule has 0 bridgehead atoms. The molecule has 0 unspecified atom stereocenters. The second kappa shape index (κ2) is 5.51. The molecule has 0 aliphatic heterocycles. The molecule has 0 saturated carbocycles. The highest BCUT2D eigenvalue weighted by atomic mass is 32.1. The number of aromatic nitrogens is 2. The number of hydrogen-bond donors (Lipinski definition) is 0. The normalized spacial score (nSPS) is 9.95. The third-order valence-electron chi connectivity index (χ3n) is 2.63. The Bertz CT molecular complexity index is 728. The average molecular weight is 279 g/mol. The minimum atomic E-state index is 0.287. The van der Waals surface area contributed by atoms with Gasteiger partial charge in [-0.1, -0.05) is 6.07 Å². The Balaban J connectivity index is 1.76.